The molecular formula is C24H29N3O8. The summed E-state index contributed by atoms with van der Waals surface area (Å²) in [6.07, 6.45) is -0.863. The normalized spacial score (nSPS) is 16.7. The number of nitro benzene ring substituents is 1. The SMILES string of the molecule is CCOC(=O)N1c2cc(OC)c(OC)cc2[C@@H](N(Cc2ccccc2[N+](=O)[O-])C(=O)OC)C[C@H]1C. The fourth-order valence-electron chi connectivity index (χ4n) is 4.34. The quantitative estimate of drug-likeness (QED) is 0.408. The lowest BCUT2D eigenvalue weighted by atomic mass is 9.90. The third-order valence-electron chi connectivity index (χ3n) is 5.94. The van der Waals surface area contributed by atoms with Crippen molar-refractivity contribution in [3.63, 3.8) is 0 Å². The zero-order valence-electron chi connectivity index (χ0n) is 20.3. The van der Waals surface area contributed by atoms with Crippen LogP contribution in [0.2, 0.25) is 0 Å². The standard InChI is InChI=1S/C24H29N3O8/c1-6-35-24(29)26-15(2)11-19(17-12-21(32-3)22(33-4)13-20(17)26)25(23(28)34-5)14-16-9-7-8-10-18(16)27(30)31/h7-10,12-13,15,19H,6,11,14H2,1-5H3/t15-,19+/m1/s1. The zero-order chi connectivity index (χ0) is 25.7. The molecule has 1 heterocycles. The Labute approximate surface area is 203 Å². The highest BCUT2D eigenvalue weighted by atomic mass is 16.6. The number of anilines is 1. The van der Waals surface area contributed by atoms with E-state index in [0.717, 1.165) is 0 Å². The predicted octanol–water partition coefficient (Wildman–Crippen LogP) is 4.68. The molecule has 0 spiro atoms. The molecule has 11 heteroatoms. The second kappa shape index (κ2) is 10.9. The zero-order valence-corrected chi connectivity index (χ0v) is 20.3. The van der Waals surface area contributed by atoms with Crippen LogP contribution in [-0.2, 0) is 16.0 Å². The Balaban J connectivity index is 2.17. The van der Waals surface area contributed by atoms with E-state index >= 15 is 0 Å². The van der Waals surface area contributed by atoms with Crippen molar-refractivity contribution in [3.05, 3.63) is 57.6 Å². The first-order valence-electron chi connectivity index (χ1n) is 11.1. The van der Waals surface area contributed by atoms with Crippen LogP contribution in [-0.4, -0.2) is 56.0 Å². The van der Waals surface area contributed by atoms with Crippen molar-refractivity contribution < 1.29 is 33.5 Å². The highest BCUT2D eigenvalue weighted by Crippen LogP contribution is 2.46. The van der Waals surface area contributed by atoms with Crippen molar-refractivity contribution in [3.8, 4) is 11.5 Å². The summed E-state index contributed by atoms with van der Waals surface area (Å²) in [6, 6.07) is 8.63. The van der Waals surface area contributed by atoms with Crippen LogP contribution in [0.5, 0.6) is 11.5 Å². The number of fused-ring (bicyclic) bond motifs is 1. The first-order valence-corrected chi connectivity index (χ1v) is 11.1. The van der Waals surface area contributed by atoms with Gasteiger partial charge in [-0.05, 0) is 26.3 Å². The highest BCUT2D eigenvalue weighted by molar-refractivity contribution is 5.91. The monoisotopic (exact) mass is 487 g/mol. The Morgan fingerprint density at radius 3 is 2.40 bits per heavy atom. The minimum absolute atomic E-state index is 0.0750. The minimum Gasteiger partial charge on any atom is -0.493 e. The van der Waals surface area contributed by atoms with E-state index in [1.807, 2.05) is 6.92 Å². The van der Waals surface area contributed by atoms with Crippen LogP contribution in [0.25, 0.3) is 0 Å². The summed E-state index contributed by atoms with van der Waals surface area (Å²) in [6.45, 7) is 3.68. The number of amides is 2. The molecule has 3 rings (SSSR count). The fourth-order valence-corrected chi connectivity index (χ4v) is 4.34. The average Bonchev–Trinajstić information content (AvgIpc) is 2.85. The largest absolute Gasteiger partial charge is 0.493 e. The van der Waals surface area contributed by atoms with Gasteiger partial charge in [-0.1, -0.05) is 18.2 Å². The number of hydrogen-bond acceptors (Lipinski definition) is 8. The van der Waals surface area contributed by atoms with Gasteiger partial charge in [0.25, 0.3) is 5.69 Å². The van der Waals surface area contributed by atoms with Gasteiger partial charge in [0, 0.05) is 29.3 Å². The van der Waals surface area contributed by atoms with Crippen LogP contribution < -0.4 is 14.4 Å². The topological polar surface area (TPSA) is 121 Å². The van der Waals surface area contributed by atoms with E-state index in [1.54, 1.807) is 37.3 Å². The summed E-state index contributed by atoms with van der Waals surface area (Å²) in [5.74, 6) is 0.807. The number of nitrogens with zero attached hydrogens (tertiary/aromatic N) is 3. The molecule has 0 unspecified atom stereocenters. The van der Waals surface area contributed by atoms with Crippen molar-refractivity contribution in [2.24, 2.45) is 0 Å². The number of benzene rings is 2. The second-order valence-electron chi connectivity index (χ2n) is 7.92. The molecule has 0 aromatic heterocycles. The lowest BCUT2D eigenvalue weighted by molar-refractivity contribution is -0.385. The van der Waals surface area contributed by atoms with Gasteiger partial charge < -0.3 is 18.9 Å². The number of carbonyl (C=O) groups excluding carboxylic acids is 2. The van der Waals surface area contributed by atoms with Gasteiger partial charge in [0.05, 0.1) is 51.1 Å². The van der Waals surface area contributed by atoms with Crippen LogP contribution in [0.15, 0.2) is 36.4 Å². The van der Waals surface area contributed by atoms with E-state index in [-0.39, 0.29) is 24.9 Å². The maximum absolute atomic E-state index is 13.0. The van der Waals surface area contributed by atoms with Gasteiger partial charge in [-0.3, -0.25) is 19.9 Å². The maximum atomic E-state index is 13.0. The molecule has 2 aromatic carbocycles. The van der Waals surface area contributed by atoms with Gasteiger partial charge in [0.2, 0.25) is 0 Å². The number of para-hydroxylation sites is 1. The maximum Gasteiger partial charge on any atom is 0.414 e. The number of hydrogen-bond donors (Lipinski definition) is 0. The lowest BCUT2D eigenvalue weighted by Crippen LogP contribution is -2.47. The molecule has 0 fully saturated rings. The van der Waals surface area contributed by atoms with Crippen molar-refractivity contribution in [2.75, 3.05) is 32.8 Å². The van der Waals surface area contributed by atoms with Crippen LogP contribution in [0, 0.1) is 10.1 Å². The molecule has 2 amide bonds. The molecular weight excluding hydrogens is 458 g/mol. The third kappa shape index (κ3) is 5.08. The van der Waals surface area contributed by atoms with Crippen LogP contribution in [0.1, 0.15) is 37.4 Å². The van der Waals surface area contributed by atoms with Crippen molar-refractivity contribution in [1.29, 1.82) is 0 Å². The number of ether oxygens (including phenoxy) is 4. The second-order valence-corrected chi connectivity index (χ2v) is 7.92. The van der Waals surface area contributed by atoms with E-state index in [0.29, 0.717) is 34.7 Å². The van der Waals surface area contributed by atoms with Crippen LogP contribution in [0.3, 0.4) is 0 Å². The van der Waals surface area contributed by atoms with Crippen molar-refractivity contribution in [2.45, 2.75) is 38.9 Å². The minimum atomic E-state index is -0.661. The first kappa shape index (κ1) is 25.6. The molecule has 0 radical (unpaired) electrons. The first-order chi connectivity index (χ1) is 16.8. The smallest absolute Gasteiger partial charge is 0.414 e. The Kier molecular flexibility index (Phi) is 8.00. The van der Waals surface area contributed by atoms with Crippen molar-refractivity contribution in [1.82, 2.24) is 4.90 Å². The molecule has 0 saturated carbocycles. The Morgan fingerprint density at radius 2 is 1.80 bits per heavy atom. The number of methoxy groups -OCH3 is 3. The molecule has 35 heavy (non-hydrogen) atoms. The van der Waals surface area contributed by atoms with E-state index in [2.05, 4.69) is 0 Å². The molecule has 188 valence electrons. The van der Waals surface area contributed by atoms with Gasteiger partial charge in [0.1, 0.15) is 0 Å². The average molecular weight is 488 g/mol. The molecule has 0 N–H and O–H groups in total. The Morgan fingerprint density at radius 1 is 1.14 bits per heavy atom. The summed E-state index contributed by atoms with van der Waals surface area (Å²) < 4.78 is 21.3. The van der Waals surface area contributed by atoms with Crippen molar-refractivity contribution >= 4 is 23.6 Å². The predicted molar refractivity (Wildman–Crippen MR) is 127 cm³/mol. The number of nitro groups is 1. The third-order valence-corrected chi connectivity index (χ3v) is 5.94. The summed E-state index contributed by atoms with van der Waals surface area (Å²) in [5, 5.41) is 11.6. The highest BCUT2D eigenvalue weighted by Gasteiger charge is 2.40. The van der Waals surface area contributed by atoms with Gasteiger partial charge >= 0.3 is 12.2 Å². The molecule has 0 bridgehead atoms. The molecule has 0 aliphatic carbocycles. The van der Waals surface area contributed by atoms with Crippen LogP contribution >= 0.6 is 0 Å². The molecule has 0 saturated heterocycles. The lowest BCUT2D eigenvalue weighted by Gasteiger charge is -2.42. The van der Waals surface area contributed by atoms with Gasteiger partial charge in [-0.2, -0.15) is 0 Å². The molecule has 1 aliphatic rings. The van der Waals surface area contributed by atoms with E-state index < -0.39 is 23.2 Å². The Hall–Kier alpha value is -4.02. The fraction of sp³-hybridized carbons (Fsp3) is 0.417. The molecule has 2 aromatic rings. The van der Waals surface area contributed by atoms with Gasteiger partial charge in [-0.15, -0.1) is 0 Å². The molecule has 1 aliphatic heterocycles. The van der Waals surface area contributed by atoms with E-state index in [9.17, 15) is 19.7 Å². The summed E-state index contributed by atoms with van der Waals surface area (Å²) in [4.78, 5) is 39.9. The van der Waals surface area contributed by atoms with Crippen LogP contribution in [0.4, 0.5) is 21.0 Å². The summed E-state index contributed by atoms with van der Waals surface area (Å²) in [7, 11) is 4.22. The molecule has 11 nitrogen and oxygen atoms in total. The number of rotatable bonds is 7. The van der Waals surface area contributed by atoms with E-state index in [4.69, 9.17) is 18.9 Å². The summed E-state index contributed by atoms with van der Waals surface area (Å²) >= 11 is 0. The van der Waals surface area contributed by atoms with Gasteiger partial charge in [0.15, 0.2) is 11.5 Å². The van der Waals surface area contributed by atoms with Gasteiger partial charge in [-0.25, -0.2) is 9.59 Å². The summed E-state index contributed by atoms with van der Waals surface area (Å²) in [5.41, 5.74) is 1.33. The number of carbonyl (C=O) groups is 2. The molecule has 2 atom stereocenters. The Bertz CT molecular complexity index is 1110. The van der Waals surface area contributed by atoms with E-state index in [1.165, 1.54) is 37.2 Å².